The molecule has 0 bridgehead atoms. The second-order valence-electron chi connectivity index (χ2n) is 7.78. The number of hydrogen-bond acceptors (Lipinski definition) is 6. The van der Waals surface area contributed by atoms with Gasteiger partial charge < -0.3 is 14.0 Å². The molecule has 146 valence electrons. The molecule has 1 amide bonds. The zero-order chi connectivity index (χ0) is 18.8. The third-order valence-electron chi connectivity index (χ3n) is 5.73. The van der Waals surface area contributed by atoms with E-state index in [-0.39, 0.29) is 11.8 Å². The lowest BCUT2D eigenvalue weighted by Gasteiger charge is -2.31. The molecule has 2 saturated heterocycles. The summed E-state index contributed by atoms with van der Waals surface area (Å²) in [5, 5.41) is 12.8. The van der Waals surface area contributed by atoms with Crippen molar-refractivity contribution in [3.63, 3.8) is 0 Å². The number of piperidine rings is 2. The van der Waals surface area contributed by atoms with Crippen LogP contribution in [-0.4, -0.2) is 61.8 Å². The van der Waals surface area contributed by atoms with E-state index in [4.69, 9.17) is 4.52 Å². The predicted octanol–water partition coefficient (Wildman–Crippen LogP) is 2.12. The van der Waals surface area contributed by atoms with Crippen LogP contribution in [0.2, 0.25) is 0 Å². The molecule has 2 aromatic heterocycles. The molecule has 0 aromatic carbocycles. The Labute approximate surface area is 159 Å². The lowest BCUT2D eigenvalue weighted by molar-refractivity contribution is 0.0693. The summed E-state index contributed by atoms with van der Waals surface area (Å²) in [5.41, 5.74) is 0.386. The van der Waals surface area contributed by atoms with Gasteiger partial charge in [-0.05, 0) is 45.7 Å². The van der Waals surface area contributed by atoms with Gasteiger partial charge in [0.15, 0.2) is 5.69 Å². The Morgan fingerprint density at radius 2 is 2.00 bits per heavy atom. The Morgan fingerprint density at radius 3 is 2.74 bits per heavy atom. The smallest absolute Gasteiger partial charge is 0.276 e. The highest BCUT2D eigenvalue weighted by atomic mass is 16.5. The Hall–Kier alpha value is -2.22. The van der Waals surface area contributed by atoms with Crippen molar-refractivity contribution in [2.24, 2.45) is 7.05 Å². The zero-order valence-corrected chi connectivity index (χ0v) is 16.2. The average molecular weight is 372 g/mol. The molecule has 2 aliphatic rings. The monoisotopic (exact) mass is 372 g/mol. The molecule has 0 radical (unpaired) electrons. The standard InChI is InChI=1S/C19H28N6O2/c1-14-11-16(22-27-14)19(26)25-10-6-7-15(12-25)18-21-20-17(23(18)2)13-24-8-4-3-5-9-24/h11,15H,3-10,12-13H2,1-2H3. The quantitative estimate of drug-likeness (QED) is 0.818. The maximum absolute atomic E-state index is 12.7. The highest BCUT2D eigenvalue weighted by Crippen LogP contribution is 2.27. The summed E-state index contributed by atoms with van der Waals surface area (Å²) in [7, 11) is 2.05. The molecular formula is C19H28N6O2. The van der Waals surface area contributed by atoms with Crippen LogP contribution in [-0.2, 0) is 13.6 Å². The molecule has 1 atom stereocenters. The van der Waals surface area contributed by atoms with Crippen LogP contribution >= 0.6 is 0 Å². The summed E-state index contributed by atoms with van der Waals surface area (Å²) in [6, 6.07) is 1.70. The Kier molecular flexibility index (Phi) is 5.24. The number of likely N-dealkylation sites (tertiary alicyclic amines) is 2. The molecular weight excluding hydrogens is 344 g/mol. The van der Waals surface area contributed by atoms with Crippen molar-refractivity contribution in [3.05, 3.63) is 29.2 Å². The fourth-order valence-electron chi connectivity index (χ4n) is 4.19. The first-order chi connectivity index (χ1) is 13.1. The minimum absolute atomic E-state index is 0.0627. The fourth-order valence-corrected chi connectivity index (χ4v) is 4.19. The number of hydrogen-bond donors (Lipinski definition) is 0. The maximum Gasteiger partial charge on any atom is 0.276 e. The molecule has 4 rings (SSSR count). The first kappa shape index (κ1) is 18.2. The lowest BCUT2D eigenvalue weighted by atomic mass is 9.97. The number of carbonyl (C=O) groups is 1. The molecule has 2 aromatic rings. The van der Waals surface area contributed by atoms with Crippen molar-refractivity contribution in [2.45, 2.75) is 51.5 Å². The minimum atomic E-state index is -0.0627. The van der Waals surface area contributed by atoms with E-state index < -0.39 is 0 Å². The Morgan fingerprint density at radius 1 is 1.19 bits per heavy atom. The molecule has 8 nitrogen and oxygen atoms in total. The number of aryl methyl sites for hydroxylation is 1. The molecule has 8 heteroatoms. The Bertz CT molecular complexity index is 792. The SMILES string of the molecule is Cc1cc(C(=O)N2CCCC(c3nnc(CN4CCCCC4)n3C)C2)no1. The van der Waals surface area contributed by atoms with E-state index in [1.54, 1.807) is 13.0 Å². The van der Waals surface area contributed by atoms with Gasteiger partial charge in [0.1, 0.15) is 17.4 Å². The van der Waals surface area contributed by atoms with Crippen LogP contribution in [0.25, 0.3) is 0 Å². The third kappa shape index (κ3) is 3.90. The van der Waals surface area contributed by atoms with Gasteiger partial charge in [-0.1, -0.05) is 11.6 Å². The molecule has 0 saturated carbocycles. The first-order valence-corrected chi connectivity index (χ1v) is 9.95. The number of aromatic nitrogens is 4. The van der Waals surface area contributed by atoms with Crippen LogP contribution in [0.1, 0.15) is 65.9 Å². The van der Waals surface area contributed by atoms with Gasteiger partial charge in [-0.25, -0.2) is 0 Å². The molecule has 0 spiro atoms. The van der Waals surface area contributed by atoms with Gasteiger partial charge in [-0.2, -0.15) is 0 Å². The van der Waals surface area contributed by atoms with Crippen LogP contribution in [0, 0.1) is 6.92 Å². The first-order valence-electron chi connectivity index (χ1n) is 9.95. The molecule has 0 aliphatic carbocycles. The van der Waals surface area contributed by atoms with Gasteiger partial charge in [0, 0.05) is 32.1 Å². The van der Waals surface area contributed by atoms with Gasteiger partial charge in [0.05, 0.1) is 6.54 Å². The van der Waals surface area contributed by atoms with Gasteiger partial charge in [0.2, 0.25) is 0 Å². The second-order valence-corrected chi connectivity index (χ2v) is 7.78. The fraction of sp³-hybridized carbons (Fsp3) is 0.684. The van der Waals surface area contributed by atoms with E-state index in [1.165, 1.54) is 19.3 Å². The molecule has 0 N–H and O–H groups in total. The highest BCUT2D eigenvalue weighted by molar-refractivity contribution is 5.92. The minimum Gasteiger partial charge on any atom is -0.361 e. The van der Waals surface area contributed by atoms with Crippen LogP contribution in [0.15, 0.2) is 10.6 Å². The van der Waals surface area contributed by atoms with Crippen molar-refractivity contribution in [1.29, 1.82) is 0 Å². The number of nitrogens with zero attached hydrogens (tertiary/aromatic N) is 6. The van der Waals surface area contributed by atoms with E-state index in [2.05, 4.69) is 31.9 Å². The van der Waals surface area contributed by atoms with Gasteiger partial charge in [-0.3, -0.25) is 9.69 Å². The highest BCUT2D eigenvalue weighted by Gasteiger charge is 2.30. The van der Waals surface area contributed by atoms with Crippen molar-refractivity contribution in [2.75, 3.05) is 26.2 Å². The number of amides is 1. The summed E-state index contributed by atoms with van der Waals surface area (Å²) in [4.78, 5) is 17.0. The molecule has 1 unspecified atom stereocenters. The van der Waals surface area contributed by atoms with Gasteiger partial charge in [-0.15, -0.1) is 10.2 Å². The molecule has 2 aliphatic heterocycles. The average Bonchev–Trinajstić information content (AvgIpc) is 3.28. The summed E-state index contributed by atoms with van der Waals surface area (Å²) >= 11 is 0. The molecule has 27 heavy (non-hydrogen) atoms. The topological polar surface area (TPSA) is 80.3 Å². The summed E-state index contributed by atoms with van der Waals surface area (Å²) in [6.07, 6.45) is 5.86. The Balaban J connectivity index is 1.44. The van der Waals surface area contributed by atoms with Crippen LogP contribution < -0.4 is 0 Å². The van der Waals surface area contributed by atoms with Crippen molar-refractivity contribution < 1.29 is 9.32 Å². The maximum atomic E-state index is 12.7. The van der Waals surface area contributed by atoms with E-state index in [1.807, 2.05) is 4.90 Å². The largest absolute Gasteiger partial charge is 0.361 e. The summed E-state index contributed by atoms with van der Waals surface area (Å²) in [6.45, 7) is 6.35. The predicted molar refractivity (Wildman–Crippen MR) is 99.2 cm³/mol. The van der Waals surface area contributed by atoms with E-state index in [9.17, 15) is 4.79 Å². The molecule has 4 heterocycles. The molecule has 2 fully saturated rings. The lowest BCUT2D eigenvalue weighted by Crippen LogP contribution is -2.40. The van der Waals surface area contributed by atoms with Gasteiger partial charge >= 0.3 is 0 Å². The normalized spacial score (nSPS) is 21.6. The van der Waals surface area contributed by atoms with Crippen LogP contribution in [0.5, 0.6) is 0 Å². The second kappa shape index (κ2) is 7.80. The van der Waals surface area contributed by atoms with Gasteiger partial charge in [0.25, 0.3) is 5.91 Å². The summed E-state index contributed by atoms with van der Waals surface area (Å²) < 4.78 is 7.19. The van der Waals surface area contributed by atoms with Crippen LogP contribution in [0.4, 0.5) is 0 Å². The van der Waals surface area contributed by atoms with Crippen molar-refractivity contribution in [1.82, 2.24) is 29.7 Å². The van der Waals surface area contributed by atoms with E-state index in [0.29, 0.717) is 18.0 Å². The van der Waals surface area contributed by atoms with E-state index >= 15 is 0 Å². The number of rotatable bonds is 4. The van der Waals surface area contributed by atoms with Crippen molar-refractivity contribution >= 4 is 5.91 Å². The third-order valence-corrected chi connectivity index (χ3v) is 5.73. The van der Waals surface area contributed by atoms with Crippen LogP contribution in [0.3, 0.4) is 0 Å². The van der Waals surface area contributed by atoms with E-state index in [0.717, 1.165) is 50.7 Å². The number of carbonyl (C=O) groups excluding carboxylic acids is 1. The van der Waals surface area contributed by atoms with Crippen molar-refractivity contribution in [3.8, 4) is 0 Å². The zero-order valence-electron chi connectivity index (χ0n) is 16.2. The summed E-state index contributed by atoms with van der Waals surface area (Å²) in [5.74, 6) is 2.80.